The first-order valence-electron chi connectivity index (χ1n) is 7.01. The van der Waals surface area contributed by atoms with Gasteiger partial charge in [0.25, 0.3) is 0 Å². The van der Waals surface area contributed by atoms with Gasteiger partial charge in [0.15, 0.2) is 0 Å². The summed E-state index contributed by atoms with van der Waals surface area (Å²) < 4.78 is 5.15. The second-order valence-corrected chi connectivity index (χ2v) is 4.57. The van der Waals surface area contributed by atoms with Gasteiger partial charge in [0.2, 0.25) is 0 Å². The van der Waals surface area contributed by atoms with Crippen LogP contribution in [-0.2, 0) is 0 Å². The Labute approximate surface area is 121 Å². The number of benzene rings is 2. The quantitative estimate of drug-likeness (QED) is 0.831. The van der Waals surface area contributed by atoms with Crippen LogP contribution >= 0.6 is 0 Å². The van der Waals surface area contributed by atoms with Crippen LogP contribution in [0.15, 0.2) is 54.6 Å². The minimum absolute atomic E-state index is 0.884. The molecule has 106 valence electrons. The Morgan fingerprint density at radius 3 is 2.30 bits per heavy atom. The van der Waals surface area contributed by atoms with Crippen molar-refractivity contribution in [3.63, 3.8) is 0 Å². The van der Waals surface area contributed by atoms with E-state index in [9.17, 15) is 0 Å². The molecule has 2 aromatic rings. The third-order valence-corrected chi connectivity index (χ3v) is 3.30. The molecule has 0 aliphatic carbocycles. The Morgan fingerprint density at radius 1 is 1.00 bits per heavy atom. The summed E-state index contributed by atoms with van der Waals surface area (Å²) in [6, 6.07) is 18.5. The molecule has 1 N–H and O–H groups in total. The molecule has 0 bridgehead atoms. The van der Waals surface area contributed by atoms with Crippen molar-refractivity contribution in [3.05, 3.63) is 54.6 Å². The van der Waals surface area contributed by atoms with Gasteiger partial charge in [0.05, 0.1) is 7.11 Å². The van der Waals surface area contributed by atoms with E-state index in [2.05, 4.69) is 41.4 Å². The molecule has 0 saturated heterocycles. The van der Waals surface area contributed by atoms with Crippen LogP contribution in [-0.4, -0.2) is 26.7 Å². The second-order valence-electron chi connectivity index (χ2n) is 4.57. The van der Waals surface area contributed by atoms with E-state index >= 15 is 0 Å². The van der Waals surface area contributed by atoms with Crippen LogP contribution in [0.1, 0.15) is 6.92 Å². The Kier molecular flexibility index (Phi) is 5.30. The predicted octanol–water partition coefficient (Wildman–Crippen LogP) is 3.63. The molecule has 3 nitrogen and oxygen atoms in total. The van der Waals surface area contributed by atoms with Crippen molar-refractivity contribution in [1.82, 2.24) is 0 Å². The van der Waals surface area contributed by atoms with Gasteiger partial charge in [-0.2, -0.15) is 0 Å². The molecule has 0 heterocycles. The molecular formula is C17H22N2O. The average Bonchev–Trinajstić information content (AvgIpc) is 2.53. The topological polar surface area (TPSA) is 24.5 Å². The summed E-state index contributed by atoms with van der Waals surface area (Å²) in [5, 5.41) is 3.43. The van der Waals surface area contributed by atoms with Crippen molar-refractivity contribution in [2.24, 2.45) is 0 Å². The second kappa shape index (κ2) is 7.43. The highest BCUT2D eigenvalue weighted by Crippen LogP contribution is 2.15. The summed E-state index contributed by atoms with van der Waals surface area (Å²) in [4.78, 5) is 2.36. The standard InChI is InChI=1S/C17H22N2O/c1-3-19(16-7-5-4-6-8-16)14-13-18-15-9-11-17(20-2)12-10-15/h4-12,18H,3,13-14H2,1-2H3. The van der Waals surface area contributed by atoms with E-state index in [1.54, 1.807) is 7.11 Å². The summed E-state index contributed by atoms with van der Waals surface area (Å²) >= 11 is 0. The van der Waals surface area contributed by atoms with Gasteiger partial charge in [0.1, 0.15) is 5.75 Å². The number of rotatable bonds is 7. The molecule has 3 heteroatoms. The molecular weight excluding hydrogens is 248 g/mol. The lowest BCUT2D eigenvalue weighted by Gasteiger charge is -2.23. The van der Waals surface area contributed by atoms with Crippen LogP contribution in [0.5, 0.6) is 5.75 Å². The highest BCUT2D eigenvalue weighted by Gasteiger charge is 2.02. The Bertz CT molecular complexity index is 496. The van der Waals surface area contributed by atoms with Crippen LogP contribution in [0, 0.1) is 0 Å². The first kappa shape index (κ1) is 14.3. The fraction of sp³-hybridized carbons (Fsp3) is 0.294. The van der Waals surface area contributed by atoms with E-state index in [1.165, 1.54) is 5.69 Å². The van der Waals surface area contributed by atoms with Crippen molar-refractivity contribution in [2.45, 2.75) is 6.92 Å². The number of nitrogens with zero attached hydrogens (tertiary/aromatic N) is 1. The number of para-hydroxylation sites is 1. The maximum Gasteiger partial charge on any atom is 0.119 e. The highest BCUT2D eigenvalue weighted by atomic mass is 16.5. The molecule has 0 unspecified atom stereocenters. The SMILES string of the molecule is CCN(CCNc1ccc(OC)cc1)c1ccccc1. The summed E-state index contributed by atoms with van der Waals surface area (Å²) in [6.45, 7) is 5.08. The first-order chi connectivity index (χ1) is 9.83. The largest absolute Gasteiger partial charge is 0.497 e. The maximum atomic E-state index is 5.15. The van der Waals surface area contributed by atoms with Crippen LogP contribution < -0.4 is 15.0 Å². The number of hydrogen-bond donors (Lipinski definition) is 1. The van der Waals surface area contributed by atoms with Crippen molar-refractivity contribution in [2.75, 3.05) is 37.0 Å². The fourth-order valence-electron chi connectivity index (χ4n) is 2.15. The summed E-state index contributed by atoms with van der Waals surface area (Å²) in [6.07, 6.45) is 0. The number of methoxy groups -OCH3 is 1. The van der Waals surface area contributed by atoms with E-state index in [1.807, 2.05) is 30.3 Å². The average molecular weight is 270 g/mol. The third-order valence-electron chi connectivity index (χ3n) is 3.30. The molecule has 0 aliphatic heterocycles. The predicted molar refractivity (Wildman–Crippen MR) is 85.8 cm³/mol. The number of likely N-dealkylation sites (N-methyl/N-ethyl adjacent to an activating group) is 1. The number of anilines is 2. The third kappa shape index (κ3) is 3.92. The van der Waals surface area contributed by atoms with E-state index in [0.717, 1.165) is 31.1 Å². The first-order valence-corrected chi connectivity index (χ1v) is 7.01. The normalized spacial score (nSPS) is 10.1. The molecule has 2 rings (SSSR count). The lowest BCUT2D eigenvalue weighted by Crippen LogP contribution is -2.28. The number of nitrogens with one attached hydrogen (secondary N) is 1. The van der Waals surface area contributed by atoms with Crippen molar-refractivity contribution in [1.29, 1.82) is 0 Å². The van der Waals surface area contributed by atoms with Gasteiger partial charge in [-0.1, -0.05) is 18.2 Å². The Hall–Kier alpha value is -2.16. The van der Waals surface area contributed by atoms with Gasteiger partial charge in [-0.05, 0) is 43.3 Å². The molecule has 0 radical (unpaired) electrons. The zero-order valence-corrected chi connectivity index (χ0v) is 12.2. The van der Waals surface area contributed by atoms with Gasteiger partial charge in [-0.3, -0.25) is 0 Å². The van der Waals surface area contributed by atoms with Crippen molar-refractivity contribution in [3.8, 4) is 5.75 Å². The molecule has 0 amide bonds. The van der Waals surface area contributed by atoms with Gasteiger partial charge in [0, 0.05) is 31.0 Å². The Morgan fingerprint density at radius 2 is 1.70 bits per heavy atom. The molecule has 2 aromatic carbocycles. The van der Waals surface area contributed by atoms with Gasteiger partial charge >= 0.3 is 0 Å². The van der Waals surface area contributed by atoms with Gasteiger partial charge in [-0.25, -0.2) is 0 Å². The van der Waals surface area contributed by atoms with Crippen LogP contribution in [0.25, 0.3) is 0 Å². The molecule has 0 saturated carbocycles. The van der Waals surface area contributed by atoms with Crippen molar-refractivity contribution >= 4 is 11.4 Å². The summed E-state index contributed by atoms with van der Waals surface area (Å²) in [7, 11) is 1.68. The Balaban J connectivity index is 1.84. The zero-order valence-electron chi connectivity index (χ0n) is 12.2. The summed E-state index contributed by atoms with van der Waals surface area (Å²) in [5.41, 5.74) is 2.39. The van der Waals surface area contributed by atoms with Crippen LogP contribution in [0.2, 0.25) is 0 Å². The van der Waals surface area contributed by atoms with Crippen molar-refractivity contribution < 1.29 is 4.74 Å². The molecule has 0 spiro atoms. The monoisotopic (exact) mass is 270 g/mol. The summed E-state index contributed by atoms with van der Waals surface area (Å²) in [5.74, 6) is 0.884. The molecule has 20 heavy (non-hydrogen) atoms. The molecule has 0 aliphatic rings. The van der Waals surface area contributed by atoms with E-state index in [0.29, 0.717) is 0 Å². The van der Waals surface area contributed by atoms with E-state index in [-0.39, 0.29) is 0 Å². The van der Waals surface area contributed by atoms with Gasteiger partial charge < -0.3 is 15.0 Å². The fourth-order valence-corrected chi connectivity index (χ4v) is 2.15. The minimum atomic E-state index is 0.884. The number of ether oxygens (including phenoxy) is 1. The van der Waals surface area contributed by atoms with Gasteiger partial charge in [-0.15, -0.1) is 0 Å². The molecule has 0 aromatic heterocycles. The van der Waals surface area contributed by atoms with E-state index in [4.69, 9.17) is 4.74 Å². The lowest BCUT2D eigenvalue weighted by molar-refractivity contribution is 0.415. The zero-order chi connectivity index (χ0) is 14.2. The highest BCUT2D eigenvalue weighted by molar-refractivity contribution is 5.48. The van der Waals surface area contributed by atoms with E-state index < -0.39 is 0 Å². The van der Waals surface area contributed by atoms with Crippen LogP contribution in [0.4, 0.5) is 11.4 Å². The molecule has 0 fully saturated rings. The lowest BCUT2D eigenvalue weighted by atomic mass is 10.2. The number of hydrogen-bond acceptors (Lipinski definition) is 3. The minimum Gasteiger partial charge on any atom is -0.497 e. The van der Waals surface area contributed by atoms with Crippen LogP contribution in [0.3, 0.4) is 0 Å². The molecule has 0 atom stereocenters. The maximum absolute atomic E-state index is 5.15. The smallest absolute Gasteiger partial charge is 0.119 e.